The molecule has 0 radical (unpaired) electrons. The Morgan fingerprint density at radius 1 is 1.00 bits per heavy atom. The first kappa shape index (κ1) is 13.3. The van der Waals surface area contributed by atoms with E-state index in [0.29, 0.717) is 11.6 Å². The molecule has 0 bridgehead atoms. The molecule has 2 N–H and O–H groups in total. The average Bonchev–Trinajstić information content (AvgIpc) is 2.37. The summed E-state index contributed by atoms with van der Waals surface area (Å²) in [7, 11) is 1.63. The minimum Gasteiger partial charge on any atom is -0.497 e. The van der Waals surface area contributed by atoms with E-state index in [9.17, 15) is 0 Å². The van der Waals surface area contributed by atoms with E-state index >= 15 is 0 Å². The molecule has 0 saturated heterocycles. The Labute approximate surface area is 112 Å². The van der Waals surface area contributed by atoms with Crippen LogP contribution in [-0.2, 0) is 5.41 Å². The van der Waals surface area contributed by atoms with Gasteiger partial charge in [-0.3, -0.25) is 0 Å². The van der Waals surface area contributed by atoms with E-state index in [4.69, 9.17) is 10.5 Å². The number of nitrogens with two attached hydrogens (primary N) is 1. The highest BCUT2D eigenvalue weighted by molar-refractivity contribution is 5.57. The molecule has 19 heavy (non-hydrogen) atoms. The van der Waals surface area contributed by atoms with E-state index in [-0.39, 0.29) is 11.4 Å². The summed E-state index contributed by atoms with van der Waals surface area (Å²) in [4.78, 5) is 12.9. The van der Waals surface area contributed by atoms with Crippen LogP contribution in [0.1, 0.15) is 26.6 Å². The van der Waals surface area contributed by atoms with Gasteiger partial charge in [-0.25, -0.2) is 4.98 Å². The first-order valence-electron chi connectivity index (χ1n) is 6.06. The molecule has 0 unspecified atom stereocenters. The number of hydrogen-bond donors (Lipinski definition) is 1. The van der Waals surface area contributed by atoms with Crippen LogP contribution in [0.25, 0.3) is 11.4 Å². The van der Waals surface area contributed by atoms with E-state index in [1.165, 1.54) is 0 Å². The zero-order valence-electron chi connectivity index (χ0n) is 11.6. The molecule has 5 nitrogen and oxygen atoms in total. The van der Waals surface area contributed by atoms with Gasteiger partial charge < -0.3 is 10.5 Å². The van der Waals surface area contributed by atoms with Gasteiger partial charge in [0.25, 0.3) is 0 Å². The highest BCUT2D eigenvalue weighted by Gasteiger charge is 2.19. The van der Waals surface area contributed by atoms with E-state index < -0.39 is 0 Å². The van der Waals surface area contributed by atoms with Crippen molar-refractivity contribution < 1.29 is 4.74 Å². The van der Waals surface area contributed by atoms with Crippen molar-refractivity contribution in [2.24, 2.45) is 0 Å². The molecule has 5 heteroatoms. The fraction of sp³-hybridized carbons (Fsp3) is 0.357. The Balaban J connectivity index is 2.46. The van der Waals surface area contributed by atoms with Crippen molar-refractivity contribution in [3.8, 4) is 17.1 Å². The number of anilines is 1. The van der Waals surface area contributed by atoms with Gasteiger partial charge in [0.1, 0.15) is 11.6 Å². The van der Waals surface area contributed by atoms with Crippen molar-refractivity contribution in [3.05, 3.63) is 30.1 Å². The van der Waals surface area contributed by atoms with Gasteiger partial charge in [0.05, 0.1) is 7.11 Å². The first-order valence-corrected chi connectivity index (χ1v) is 6.06. The summed E-state index contributed by atoms with van der Waals surface area (Å²) in [5.74, 6) is 2.30. The van der Waals surface area contributed by atoms with E-state index in [2.05, 4.69) is 15.0 Å². The van der Waals surface area contributed by atoms with Crippen molar-refractivity contribution in [1.29, 1.82) is 0 Å². The van der Waals surface area contributed by atoms with Crippen molar-refractivity contribution in [2.45, 2.75) is 26.2 Å². The summed E-state index contributed by atoms with van der Waals surface area (Å²) >= 11 is 0. The number of rotatable bonds is 2. The van der Waals surface area contributed by atoms with E-state index in [1.807, 2.05) is 45.0 Å². The number of methoxy groups -OCH3 is 1. The van der Waals surface area contributed by atoms with Crippen molar-refractivity contribution in [2.75, 3.05) is 12.8 Å². The number of ether oxygens (including phenoxy) is 1. The van der Waals surface area contributed by atoms with Gasteiger partial charge in [0.2, 0.25) is 5.95 Å². The smallest absolute Gasteiger partial charge is 0.223 e. The van der Waals surface area contributed by atoms with E-state index in [1.54, 1.807) is 7.11 Å². The molecule has 1 heterocycles. The fourth-order valence-corrected chi connectivity index (χ4v) is 1.60. The largest absolute Gasteiger partial charge is 0.497 e. The second-order valence-corrected chi connectivity index (χ2v) is 5.32. The van der Waals surface area contributed by atoms with Crippen LogP contribution in [0, 0.1) is 0 Å². The lowest BCUT2D eigenvalue weighted by Gasteiger charge is -2.17. The number of nitrogens with zero attached hydrogens (tertiary/aromatic N) is 3. The molecule has 100 valence electrons. The number of nitrogen functional groups attached to an aromatic ring is 1. The predicted molar refractivity (Wildman–Crippen MR) is 74.9 cm³/mol. The molecule has 0 atom stereocenters. The second-order valence-electron chi connectivity index (χ2n) is 5.32. The molecular weight excluding hydrogens is 240 g/mol. The maximum atomic E-state index is 5.76. The molecular formula is C14H18N4O. The zero-order valence-corrected chi connectivity index (χ0v) is 11.6. The Bertz CT molecular complexity index is 573. The predicted octanol–water partition coefficient (Wildman–Crippen LogP) is 2.43. The van der Waals surface area contributed by atoms with Crippen molar-refractivity contribution in [1.82, 2.24) is 15.0 Å². The minimum absolute atomic E-state index is 0.168. The van der Waals surface area contributed by atoms with Crippen LogP contribution >= 0.6 is 0 Å². The van der Waals surface area contributed by atoms with Gasteiger partial charge >= 0.3 is 0 Å². The molecule has 0 aliphatic rings. The highest BCUT2D eigenvalue weighted by Crippen LogP contribution is 2.23. The summed E-state index contributed by atoms with van der Waals surface area (Å²) < 4.78 is 5.13. The quantitative estimate of drug-likeness (QED) is 0.895. The zero-order chi connectivity index (χ0) is 14.0. The van der Waals surface area contributed by atoms with Gasteiger partial charge in [-0.15, -0.1) is 0 Å². The van der Waals surface area contributed by atoms with Crippen LogP contribution in [0.4, 0.5) is 5.95 Å². The lowest BCUT2D eigenvalue weighted by atomic mass is 9.96. The second kappa shape index (κ2) is 4.84. The van der Waals surface area contributed by atoms with Gasteiger partial charge in [0, 0.05) is 11.0 Å². The fourth-order valence-electron chi connectivity index (χ4n) is 1.60. The van der Waals surface area contributed by atoms with Crippen LogP contribution in [0.15, 0.2) is 24.3 Å². The maximum Gasteiger partial charge on any atom is 0.223 e. The number of hydrogen-bond acceptors (Lipinski definition) is 5. The van der Waals surface area contributed by atoms with Gasteiger partial charge in [-0.1, -0.05) is 20.8 Å². The van der Waals surface area contributed by atoms with Crippen LogP contribution in [-0.4, -0.2) is 22.1 Å². The summed E-state index contributed by atoms with van der Waals surface area (Å²) in [6, 6.07) is 7.54. The Morgan fingerprint density at radius 2 is 1.63 bits per heavy atom. The van der Waals surface area contributed by atoms with Crippen LogP contribution in [0.5, 0.6) is 5.75 Å². The highest BCUT2D eigenvalue weighted by atomic mass is 16.5. The molecule has 0 aliphatic heterocycles. The summed E-state index contributed by atoms with van der Waals surface area (Å²) in [6.07, 6.45) is 0. The third-order valence-electron chi connectivity index (χ3n) is 2.67. The Kier molecular flexibility index (Phi) is 3.38. The number of benzene rings is 1. The Morgan fingerprint density at radius 3 is 2.16 bits per heavy atom. The summed E-state index contributed by atoms with van der Waals surface area (Å²) in [6.45, 7) is 6.12. The van der Waals surface area contributed by atoms with Gasteiger partial charge in [-0.2, -0.15) is 9.97 Å². The van der Waals surface area contributed by atoms with Crippen molar-refractivity contribution in [3.63, 3.8) is 0 Å². The molecule has 0 spiro atoms. The van der Waals surface area contributed by atoms with Gasteiger partial charge in [-0.05, 0) is 24.3 Å². The molecule has 2 aromatic rings. The topological polar surface area (TPSA) is 73.9 Å². The lowest BCUT2D eigenvalue weighted by molar-refractivity contribution is 0.415. The molecule has 0 amide bonds. The van der Waals surface area contributed by atoms with Gasteiger partial charge in [0.15, 0.2) is 5.82 Å². The molecule has 0 fully saturated rings. The maximum absolute atomic E-state index is 5.76. The van der Waals surface area contributed by atoms with Crippen LogP contribution in [0.2, 0.25) is 0 Å². The summed E-state index contributed by atoms with van der Waals surface area (Å²) in [5, 5.41) is 0. The summed E-state index contributed by atoms with van der Waals surface area (Å²) in [5.41, 5.74) is 6.48. The molecule has 0 aliphatic carbocycles. The van der Waals surface area contributed by atoms with E-state index in [0.717, 1.165) is 11.3 Å². The number of aromatic nitrogens is 3. The molecule has 1 aromatic heterocycles. The molecule has 1 aromatic carbocycles. The molecule has 2 rings (SSSR count). The minimum atomic E-state index is -0.168. The monoisotopic (exact) mass is 258 g/mol. The lowest BCUT2D eigenvalue weighted by Crippen LogP contribution is -2.18. The Hall–Kier alpha value is -2.17. The molecule has 0 saturated carbocycles. The van der Waals surface area contributed by atoms with Crippen LogP contribution < -0.4 is 10.5 Å². The standard InChI is InChI=1S/C14H18N4O/c1-14(2,3)12-16-11(17-13(15)18-12)9-5-7-10(19-4)8-6-9/h5-8H,1-4H3,(H2,15,16,17,18). The normalized spacial score (nSPS) is 11.4. The SMILES string of the molecule is COc1ccc(-c2nc(N)nc(C(C)(C)C)n2)cc1. The van der Waals surface area contributed by atoms with Crippen molar-refractivity contribution >= 4 is 5.95 Å². The third-order valence-corrected chi connectivity index (χ3v) is 2.67. The van der Waals surface area contributed by atoms with Crippen LogP contribution in [0.3, 0.4) is 0 Å². The third kappa shape index (κ3) is 2.99. The first-order chi connectivity index (χ1) is 8.90. The average molecular weight is 258 g/mol.